The lowest BCUT2D eigenvalue weighted by molar-refractivity contribution is -0.142. The monoisotopic (exact) mass is 461 g/mol. The Morgan fingerprint density at radius 3 is 2.41 bits per heavy atom. The van der Waals surface area contributed by atoms with Crippen LogP contribution >= 0.6 is 0 Å². The predicted octanol–water partition coefficient (Wildman–Crippen LogP) is 4.89. The first kappa shape index (κ1) is 22.3. The van der Waals surface area contributed by atoms with Gasteiger partial charge in [0.05, 0.1) is 16.6 Å². The zero-order chi connectivity index (χ0) is 23.3. The molecule has 0 saturated carbocycles. The molecule has 3 heterocycles. The van der Waals surface area contributed by atoms with Crippen LogP contribution in [0, 0.1) is 0 Å². The topological polar surface area (TPSA) is 45.5 Å². The van der Waals surface area contributed by atoms with E-state index in [0.717, 1.165) is 6.07 Å². The summed E-state index contributed by atoms with van der Waals surface area (Å²) in [5, 5.41) is 10.9. The fourth-order valence-corrected chi connectivity index (χ4v) is 3.94. The first-order valence-corrected chi connectivity index (χ1v) is 9.65. The Morgan fingerprint density at radius 1 is 1.00 bits per heavy atom. The fourth-order valence-electron chi connectivity index (χ4n) is 3.94. The molecule has 1 fully saturated rings. The number of likely N-dealkylation sites (tertiary alicyclic amines) is 1. The Hall–Kier alpha value is -2.89. The summed E-state index contributed by atoms with van der Waals surface area (Å²) in [5.41, 5.74) is -3.39. The molecule has 2 atom stereocenters. The number of nitrogens with zero attached hydrogens (tertiary/aromatic N) is 4. The second kappa shape index (κ2) is 7.91. The predicted molar refractivity (Wildman–Crippen MR) is 103 cm³/mol. The molecule has 1 aliphatic heterocycles. The molecule has 172 valence electrons. The van der Waals surface area contributed by atoms with E-state index in [0.29, 0.717) is 19.2 Å². The van der Waals surface area contributed by atoms with Crippen LogP contribution in [0.4, 0.5) is 36.7 Å². The molecule has 3 aromatic rings. The summed E-state index contributed by atoms with van der Waals surface area (Å²) in [6, 6.07) is 4.14. The van der Waals surface area contributed by atoms with Crippen LogP contribution in [-0.4, -0.2) is 51.8 Å². The van der Waals surface area contributed by atoms with Crippen LogP contribution in [0.1, 0.15) is 17.5 Å². The number of benzene rings is 1. The molecule has 0 amide bonds. The van der Waals surface area contributed by atoms with Crippen molar-refractivity contribution in [2.24, 2.45) is 0 Å². The van der Waals surface area contributed by atoms with Crippen LogP contribution < -0.4 is 5.32 Å². The Balaban J connectivity index is 1.77. The van der Waals surface area contributed by atoms with Crippen LogP contribution in [0.2, 0.25) is 0 Å². The minimum absolute atomic E-state index is 0.0713. The summed E-state index contributed by atoms with van der Waals surface area (Å²) in [6.07, 6.45) is -9.24. The third kappa shape index (κ3) is 4.36. The van der Waals surface area contributed by atoms with Gasteiger partial charge in [0.25, 0.3) is 0 Å². The third-order valence-electron chi connectivity index (χ3n) is 5.29. The average molecular weight is 461 g/mol. The maximum absolute atomic E-state index is 13.9. The smallest absolute Gasteiger partial charge is 0.350 e. The molecule has 12 heteroatoms. The minimum atomic E-state index is -5.04. The van der Waals surface area contributed by atoms with E-state index in [1.165, 1.54) is 16.7 Å². The number of likely N-dealkylation sites (N-methyl/N-ethyl adjacent to an activating group) is 1. The standard InChI is InChI=1S/C20H18F7N5/c1-31-9-12(21)8-13(10-31)28-18-30-29-17(16-3-2-6-32(16)18)14-5-4-11(19(22,23)24)7-15(14)20(25,26)27/h2-7,12-13H,8-10H2,1H3,(H,28,30)/t12-,13-/m1/s1. The van der Waals surface area contributed by atoms with Gasteiger partial charge in [0.15, 0.2) is 0 Å². The lowest BCUT2D eigenvalue weighted by atomic mass is 10.00. The largest absolute Gasteiger partial charge is 0.417 e. The van der Waals surface area contributed by atoms with Crippen LogP contribution in [0.3, 0.4) is 0 Å². The zero-order valence-electron chi connectivity index (χ0n) is 16.7. The third-order valence-corrected chi connectivity index (χ3v) is 5.29. The van der Waals surface area contributed by atoms with Gasteiger partial charge >= 0.3 is 12.4 Å². The van der Waals surface area contributed by atoms with Crippen molar-refractivity contribution >= 4 is 11.5 Å². The number of nitrogens with one attached hydrogen (secondary N) is 1. The second-order valence-corrected chi connectivity index (χ2v) is 7.79. The van der Waals surface area contributed by atoms with Crippen LogP contribution in [0.25, 0.3) is 16.8 Å². The van der Waals surface area contributed by atoms with Gasteiger partial charge in [0.2, 0.25) is 5.95 Å². The molecule has 1 aromatic carbocycles. The minimum Gasteiger partial charge on any atom is -0.350 e. The molecule has 1 aliphatic rings. The first-order valence-electron chi connectivity index (χ1n) is 9.65. The molecule has 32 heavy (non-hydrogen) atoms. The molecule has 0 radical (unpaired) electrons. The fraction of sp³-hybridized carbons (Fsp3) is 0.400. The Kier molecular flexibility index (Phi) is 5.51. The lowest BCUT2D eigenvalue weighted by Gasteiger charge is -2.32. The molecule has 0 aliphatic carbocycles. The van der Waals surface area contributed by atoms with E-state index < -0.39 is 35.2 Å². The number of halogens is 7. The summed E-state index contributed by atoms with van der Waals surface area (Å²) in [7, 11) is 1.77. The van der Waals surface area contributed by atoms with Crippen LogP contribution in [0.5, 0.6) is 0 Å². The number of hydrogen-bond donors (Lipinski definition) is 1. The highest BCUT2D eigenvalue weighted by Crippen LogP contribution is 2.41. The zero-order valence-corrected chi connectivity index (χ0v) is 16.7. The van der Waals surface area contributed by atoms with Gasteiger partial charge in [-0.1, -0.05) is 6.07 Å². The molecule has 1 saturated heterocycles. The summed E-state index contributed by atoms with van der Waals surface area (Å²) < 4.78 is 95.1. The molecule has 2 aromatic heterocycles. The van der Waals surface area contributed by atoms with Crippen molar-refractivity contribution in [2.75, 3.05) is 25.5 Å². The average Bonchev–Trinajstić information content (AvgIpc) is 3.16. The Bertz CT molecular complexity index is 1110. The number of piperidine rings is 1. The van der Waals surface area contributed by atoms with Crippen molar-refractivity contribution in [3.8, 4) is 11.3 Å². The molecule has 1 N–H and O–H groups in total. The molecule has 0 unspecified atom stereocenters. The van der Waals surface area contributed by atoms with Crippen molar-refractivity contribution in [3.63, 3.8) is 0 Å². The van der Waals surface area contributed by atoms with Crippen LogP contribution in [-0.2, 0) is 12.4 Å². The summed E-state index contributed by atoms with van der Waals surface area (Å²) in [4.78, 5) is 1.80. The van der Waals surface area contributed by atoms with Crippen LogP contribution in [0.15, 0.2) is 36.5 Å². The van der Waals surface area contributed by atoms with Crippen molar-refractivity contribution in [2.45, 2.75) is 31.0 Å². The van der Waals surface area contributed by atoms with E-state index in [1.807, 2.05) is 0 Å². The molecule has 5 nitrogen and oxygen atoms in total. The van der Waals surface area contributed by atoms with E-state index in [2.05, 4.69) is 15.5 Å². The maximum atomic E-state index is 13.9. The number of aromatic nitrogens is 3. The van der Waals surface area contributed by atoms with Gasteiger partial charge in [-0.2, -0.15) is 26.3 Å². The van der Waals surface area contributed by atoms with Crippen molar-refractivity contribution in [3.05, 3.63) is 47.7 Å². The van der Waals surface area contributed by atoms with Gasteiger partial charge in [-0.15, -0.1) is 10.2 Å². The van der Waals surface area contributed by atoms with E-state index in [1.54, 1.807) is 18.0 Å². The van der Waals surface area contributed by atoms with Gasteiger partial charge in [-0.05, 0) is 31.3 Å². The maximum Gasteiger partial charge on any atom is 0.417 e. The van der Waals surface area contributed by atoms with Gasteiger partial charge in [0.1, 0.15) is 11.9 Å². The van der Waals surface area contributed by atoms with Crippen molar-refractivity contribution in [1.29, 1.82) is 0 Å². The summed E-state index contributed by atoms with van der Waals surface area (Å²) >= 11 is 0. The van der Waals surface area contributed by atoms with Gasteiger partial charge in [-0.3, -0.25) is 4.40 Å². The normalized spacial score (nSPS) is 20.6. The highest BCUT2D eigenvalue weighted by molar-refractivity contribution is 5.80. The highest BCUT2D eigenvalue weighted by Gasteiger charge is 2.39. The quantitative estimate of drug-likeness (QED) is 0.565. The summed E-state index contributed by atoms with van der Waals surface area (Å²) in [5.74, 6) is 0.196. The van der Waals surface area contributed by atoms with Gasteiger partial charge < -0.3 is 10.2 Å². The number of alkyl halides is 7. The van der Waals surface area contributed by atoms with E-state index in [-0.39, 0.29) is 35.7 Å². The number of rotatable bonds is 3. The van der Waals surface area contributed by atoms with Gasteiger partial charge in [-0.25, -0.2) is 4.39 Å². The molecule has 0 spiro atoms. The first-order chi connectivity index (χ1) is 14.9. The molecule has 4 rings (SSSR count). The number of anilines is 1. The SMILES string of the molecule is CN1C[C@H](F)C[C@@H](Nc2nnc(-c3ccc(C(F)(F)F)cc3C(F)(F)F)c3cccn23)C1. The highest BCUT2D eigenvalue weighted by atomic mass is 19.4. The van der Waals surface area contributed by atoms with E-state index >= 15 is 0 Å². The Labute approximate surface area is 177 Å². The Morgan fingerprint density at radius 2 is 1.75 bits per heavy atom. The number of fused-ring (bicyclic) bond motifs is 1. The lowest BCUT2D eigenvalue weighted by Crippen LogP contribution is -2.45. The summed E-state index contributed by atoms with van der Waals surface area (Å²) in [6.45, 7) is 0.833. The van der Waals surface area contributed by atoms with Crippen molar-refractivity contribution in [1.82, 2.24) is 19.5 Å². The molecular formula is C20H18F7N5. The molecule has 0 bridgehead atoms. The van der Waals surface area contributed by atoms with Gasteiger partial charge in [0, 0.05) is 37.3 Å². The molecular weight excluding hydrogens is 443 g/mol. The van der Waals surface area contributed by atoms with E-state index in [4.69, 9.17) is 0 Å². The van der Waals surface area contributed by atoms with E-state index in [9.17, 15) is 30.7 Å². The number of hydrogen-bond acceptors (Lipinski definition) is 4. The van der Waals surface area contributed by atoms with Crippen molar-refractivity contribution < 1.29 is 30.7 Å². The second-order valence-electron chi connectivity index (χ2n) is 7.79.